The van der Waals surface area contributed by atoms with Crippen molar-refractivity contribution < 1.29 is 8.78 Å². The molecule has 2 rings (SSSR count). The Kier molecular flexibility index (Phi) is 4.12. The third-order valence-corrected chi connectivity index (χ3v) is 3.24. The van der Waals surface area contributed by atoms with Crippen LogP contribution in [0.25, 0.3) is 11.0 Å². The lowest BCUT2D eigenvalue weighted by atomic mass is 10.0. The minimum atomic E-state index is -1.50. The van der Waals surface area contributed by atoms with Crippen LogP contribution in [0.3, 0.4) is 0 Å². The highest BCUT2D eigenvalue weighted by Gasteiger charge is 2.20. The third-order valence-electron chi connectivity index (χ3n) is 3.24. The van der Waals surface area contributed by atoms with Crippen LogP contribution >= 0.6 is 0 Å². The Balaban J connectivity index is 2.50. The second-order valence-corrected chi connectivity index (χ2v) is 5.47. The first-order chi connectivity index (χ1) is 10.2. The number of aliphatic imine (C=N–C) groups is 1. The molecule has 0 saturated carbocycles. The summed E-state index contributed by atoms with van der Waals surface area (Å²) in [6.45, 7) is 7.93. The van der Waals surface area contributed by atoms with Crippen molar-refractivity contribution in [2.75, 3.05) is 0 Å². The number of nitrogens with zero attached hydrogens (tertiary/aromatic N) is 3. The monoisotopic (exact) mass is 304 g/mol. The maximum Gasteiger partial charge on any atom is 0.163 e. The van der Waals surface area contributed by atoms with E-state index in [2.05, 4.69) is 16.6 Å². The Hall–Kier alpha value is -2.50. The molecule has 0 fully saturated rings. The summed E-state index contributed by atoms with van der Waals surface area (Å²) in [5, 5.41) is 0. The van der Waals surface area contributed by atoms with Crippen LogP contribution in [0, 0.1) is 0 Å². The highest BCUT2D eigenvalue weighted by Crippen LogP contribution is 2.26. The van der Waals surface area contributed by atoms with Crippen molar-refractivity contribution in [2.45, 2.75) is 26.4 Å². The lowest BCUT2D eigenvalue weighted by Crippen LogP contribution is -2.11. The van der Waals surface area contributed by atoms with Gasteiger partial charge in [-0.15, -0.1) is 0 Å². The van der Waals surface area contributed by atoms with E-state index in [0.717, 1.165) is 6.20 Å². The van der Waals surface area contributed by atoms with E-state index >= 15 is 0 Å². The quantitative estimate of drug-likeness (QED) is 0.533. The van der Waals surface area contributed by atoms with E-state index < -0.39 is 11.5 Å². The van der Waals surface area contributed by atoms with Gasteiger partial charge in [-0.1, -0.05) is 6.58 Å². The molecule has 0 amide bonds. The van der Waals surface area contributed by atoms with Crippen molar-refractivity contribution in [2.24, 2.45) is 10.7 Å². The fourth-order valence-corrected chi connectivity index (χ4v) is 1.91. The van der Waals surface area contributed by atoms with Crippen LogP contribution in [-0.2, 0) is 5.67 Å². The number of pyridine rings is 1. The van der Waals surface area contributed by atoms with Gasteiger partial charge in [0.1, 0.15) is 11.5 Å². The fraction of sp³-hybridized carbons (Fsp3) is 0.250. The number of hydrogen-bond donors (Lipinski definition) is 1. The van der Waals surface area contributed by atoms with E-state index in [1.807, 2.05) is 0 Å². The second-order valence-electron chi connectivity index (χ2n) is 5.47. The predicted octanol–water partition coefficient (Wildman–Crippen LogP) is 3.79. The van der Waals surface area contributed by atoms with Gasteiger partial charge < -0.3 is 10.3 Å². The maximum absolute atomic E-state index is 14.1. The molecule has 0 saturated heterocycles. The number of fused-ring (bicyclic) bond motifs is 1. The molecule has 0 aliphatic heterocycles. The Morgan fingerprint density at radius 1 is 1.50 bits per heavy atom. The summed E-state index contributed by atoms with van der Waals surface area (Å²) < 4.78 is 29.1. The van der Waals surface area contributed by atoms with Gasteiger partial charge in [0.25, 0.3) is 0 Å². The number of hydrogen-bond acceptors (Lipinski definition) is 3. The minimum Gasteiger partial charge on any atom is -0.397 e. The maximum atomic E-state index is 14.1. The van der Waals surface area contributed by atoms with Crippen LogP contribution in [0.4, 0.5) is 8.78 Å². The SMILES string of the molecule is C=C(N)/C(F)=C\N=C(/C)n1ccc2ncc(C(C)(C)F)cc21. The molecular formula is C16H18F2N4. The van der Waals surface area contributed by atoms with Crippen LogP contribution < -0.4 is 5.73 Å². The summed E-state index contributed by atoms with van der Waals surface area (Å²) in [4.78, 5) is 8.24. The van der Waals surface area contributed by atoms with Gasteiger partial charge in [0, 0.05) is 18.0 Å². The van der Waals surface area contributed by atoms with Gasteiger partial charge in [-0.25, -0.2) is 13.8 Å². The van der Waals surface area contributed by atoms with Crippen LogP contribution in [0.5, 0.6) is 0 Å². The number of aromatic nitrogens is 2. The summed E-state index contributed by atoms with van der Waals surface area (Å²) >= 11 is 0. The third kappa shape index (κ3) is 3.21. The molecule has 2 heterocycles. The second kappa shape index (κ2) is 5.71. The molecule has 0 atom stereocenters. The van der Waals surface area contributed by atoms with Crippen LogP contribution in [0.15, 0.2) is 53.8 Å². The van der Waals surface area contributed by atoms with Crippen molar-refractivity contribution >= 4 is 16.9 Å². The van der Waals surface area contributed by atoms with Gasteiger partial charge >= 0.3 is 0 Å². The lowest BCUT2D eigenvalue weighted by molar-refractivity contribution is 0.221. The molecule has 0 bridgehead atoms. The Morgan fingerprint density at radius 2 is 2.18 bits per heavy atom. The molecule has 0 aliphatic carbocycles. The number of nitrogens with two attached hydrogens (primary N) is 1. The zero-order valence-corrected chi connectivity index (χ0v) is 12.8. The number of rotatable bonds is 3. The van der Waals surface area contributed by atoms with Crippen molar-refractivity contribution in [3.8, 4) is 0 Å². The summed E-state index contributed by atoms with van der Waals surface area (Å²) in [5.74, 6) is -0.193. The largest absolute Gasteiger partial charge is 0.397 e. The van der Waals surface area contributed by atoms with Gasteiger partial charge in [0.15, 0.2) is 5.83 Å². The highest BCUT2D eigenvalue weighted by molar-refractivity contribution is 5.93. The first-order valence-electron chi connectivity index (χ1n) is 6.72. The number of allylic oxidation sites excluding steroid dienone is 1. The lowest BCUT2D eigenvalue weighted by Gasteiger charge is -2.14. The molecule has 6 heteroatoms. The molecule has 0 aromatic carbocycles. The average molecular weight is 304 g/mol. The van der Waals surface area contributed by atoms with Gasteiger partial charge in [-0.3, -0.25) is 4.98 Å². The molecule has 22 heavy (non-hydrogen) atoms. The van der Waals surface area contributed by atoms with Crippen molar-refractivity contribution in [1.82, 2.24) is 9.55 Å². The van der Waals surface area contributed by atoms with Crippen molar-refractivity contribution in [3.05, 3.63) is 54.4 Å². The van der Waals surface area contributed by atoms with E-state index in [1.54, 1.807) is 29.8 Å². The molecule has 2 N–H and O–H groups in total. The average Bonchev–Trinajstić information content (AvgIpc) is 2.86. The summed E-state index contributed by atoms with van der Waals surface area (Å²) in [5.41, 5.74) is 5.42. The Labute approximate surface area is 127 Å². The minimum absolute atomic E-state index is 0.183. The summed E-state index contributed by atoms with van der Waals surface area (Å²) in [6, 6.07) is 3.49. The smallest absolute Gasteiger partial charge is 0.163 e. The van der Waals surface area contributed by atoms with Crippen molar-refractivity contribution in [3.63, 3.8) is 0 Å². The highest BCUT2D eigenvalue weighted by atomic mass is 19.1. The van der Waals surface area contributed by atoms with Crippen LogP contribution in [-0.4, -0.2) is 15.4 Å². The molecular weight excluding hydrogens is 286 g/mol. The van der Waals surface area contributed by atoms with E-state index in [1.165, 1.54) is 20.0 Å². The van der Waals surface area contributed by atoms with Gasteiger partial charge in [0.05, 0.1) is 22.9 Å². The first-order valence-corrected chi connectivity index (χ1v) is 6.72. The van der Waals surface area contributed by atoms with E-state index in [9.17, 15) is 8.78 Å². The van der Waals surface area contributed by atoms with E-state index in [-0.39, 0.29) is 5.70 Å². The van der Waals surface area contributed by atoms with Crippen LogP contribution in [0.2, 0.25) is 0 Å². The van der Waals surface area contributed by atoms with Gasteiger partial charge in [-0.05, 0) is 32.9 Å². The first kappa shape index (κ1) is 15.9. The normalized spacial score (nSPS) is 13.7. The van der Waals surface area contributed by atoms with E-state index in [0.29, 0.717) is 22.4 Å². The molecule has 2 aromatic rings. The predicted molar refractivity (Wildman–Crippen MR) is 84.9 cm³/mol. The van der Waals surface area contributed by atoms with E-state index in [4.69, 9.17) is 5.73 Å². The van der Waals surface area contributed by atoms with Crippen molar-refractivity contribution in [1.29, 1.82) is 0 Å². The Bertz CT molecular complexity index is 779. The Morgan fingerprint density at radius 3 is 2.77 bits per heavy atom. The molecule has 0 unspecified atom stereocenters. The molecule has 4 nitrogen and oxygen atoms in total. The fourth-order valence-electron chi connectivity index (χ4n) is 1.91. The molecule has 0 spiro atoms. The summed E-state index contributed by atoms with van der Waals surface area (Å²) in [7, 11) is 0. The van der Waals surface area contributed by atoms with Gasteiger partial charge in [-0.2, -0.15) is 0 Å². The molecule has 2 aromatic heterocycles. The van der Waals surface area contributed by atoms with Crippen LogP contribution in [0.1, 0.15) is 26.3 Å². The summed E-state index contributed by atoms with van der Waals surface area (Å²) in [6.07, 6.45) is 4.26. The zero-order valence-electron chi connectivity index (χ0n) is 12.8. The number of alkyl halides is 1. The number of halogens is 2. The standard InChI is InChI=1S/C16H18F2N4/c1-10(19)13(17)9-20-11(2)22-6-5-14-15(22)7-12(8-21-14)16(3,4)18/h5-9H,1,19H2,2-4H3/b13-9+,20-11+. The van der Waals surface area contributed by atoms with Gasteiger partial charge in [0.2, 0.25) is 0 Å². The molecule has 0 aliphatic rings. The molecule has 0 radical (unpaired) electrons. The topological polar surface area (TPSA) is 56.2 Å². The zero-order chi connectivity index (χ0) is 16.5. The molecule has 116 valence electrons.